The number of nitrogens with zero attached hydrogens (tertiary/aromatic N) is 1. The maximum absolute atomic E-state index is 12.9. The molecule has 15 heavy (non-hydrogen) atoms. The lowest BCUT2D eigenvalue weighted by atomic mass is 10.2. The second-order valence-electron chi connectivity index (χ2n) is 3.70. The summed E-state index contributed by atoms with van der Waals surface area (Å²) < 4.78 is 25.7. The first-order valence-electron chi connectivity index (χ1n) is 4.88. The average molecular weight is 211 g/mol. The van der Waals surface area contributed by atoms with Gasteiger partial charge in [-0.25, -0.2) is 8.78 Å². The predicted molar refractivity (Wildman–Crippen MR) is 51.0 cm³/mol. The number of likely N-dealkylation sites (tertiary alicyclic amines) is 1. The van der Waals surface area contributed by atoms with Gasteiger partial charge < -0.3 is 4.90 Å². The van der Waals surface area contributed by atoms with Crippen molar-refractivity contribution in [2.45, 2.75) is 19.4 Å². The van der Waals surface area contributed by atoms with Crippen molar-refractivity contribution >= 4 is 5.91 Å². The van der Waals surface area contributed by atoms with E-state index in [-0.39, 0.29) is 5.91 Å². The smallest absolute Gasteiger partial charge is 0.222 e. The molecule has 1 saturated heterocycles. The van der Waals surface area contributed by atoms with Crippen LogP contribution in [0.15, 0.2) is 18.2 Å². The van der Waals surface area contributed by atoms with Gasteiger partial charge in [-0.15, -0.1) is 0 Å². The van der Waals surface area contributed by atoms with Crippen LogP contribution < -0.4 is 0 Å². The molecular weight excluding hydrogens is 200 g/mol. The number of amides is 1. The van der Waals surface area contributed by atoms with E-state index in [1.165, 1.54) is 12.1 Å². The third-order valence-corrected chi connectivity index (χ3v) is 2.47. The summed E-state index contributed by atoms with van der Waals surface area (Å²) in [6, 6.07) is 3.35. The number of carbonyl (C=O) groups is 1. The number of hydrogen-bond donors (Lipinski definition) is 0. The fraction of sp³-hybridized carbons (Fsp3) is 0.364. The third-order valence-electron chi connectivity index (χ3n) is 2.47. The minimum atomic E-state index is -0.600. The highest BCUT2D eigenvalue weighted by Gasteiger charge is 2.20. The molecule has 1 amide bonds. The molecule has 0 saturated carbocycles. The van der Waals surface area contributed by atoms with E-state index in [4.69, 9.17) is 0 Å². The molecule has 1 aliphatic rings. The van der Waals surface area contributed by atoms with Crippen LogP contribution in [-0.4, -0.2) is 17.4 Å². The molecule has 0 spiro atoms. The van der Waals surface area contributed by atoms with Crippen molar-refractivity contribution in [1.29, 1.82) is 0 Å². The predicted octanol–water partition coefficient (Wildman–Crippen LogP) is 2.09. The molecule has 0 aliphatic carbocycles. The van der Waals surface area contributed by atoms with Crippen molar-refractivity contribution in [3.63, 3.8) is 0 Å². The molecule has 0 atom stereocenters. The number of benzene rings is 1. The Morgan fingerprint density at radius 1 is 1.20 bits per heavy atom. The lowest BCUT2D eigenvalue weighted by Gasteiger charge is -2.15. The topological polar surface area (TPSA) is 20.3 Å². The van der Waals surface area contributed by atoms with E-state index in [0.717, 1.165) is 12.5 Å². The molecule has 1 heterocycles. The highest BCUT2D eigenvalue weighted by molar-refractivity contribution is 5.78. The van der Waals surface area contributed by atoms with E-state index in [1.54, 1.807) is 4.90 Å². The van der Waals surface area contributed by atoms with Crippen LogP contribution in [0.25, 0.3) is 0 Å². The standard InChI is InChI=1S/C11H11F2NO/c12-9-4-8(5-10(13)6-9)7-14-3-1-2-11(14)15/h4-6H,1-3,7H2. The summed E-state index contributed by atoms with van der Waals surface area (Å²) in [4.78, 5) is 12.9. The first-order valence-corrected chi connectivity index (χ1v) is 4.88. The van der Waals surface area contributed by atoms with Gasteiger partial charge in [0.05, 0.1) is 0 Å². The van der Waals surface area contributed by atoms with Gasteiger partial charge in [0.2, 0.25) is 5.91 Å². The van der Waals surface area contributed by atoms with Crippen LogP contribution in [0.2, 0.25) is 0 Å². The number of hydrogen-bond acceptors (Lipinski definition) is 1. The molecule has 2 nitrogen and oxygen atoms in total. The SMILES string of the molecule is O=C1CCCN1Cc1cc(F)cc(F)c1. The molecular formula is C11H11F2NO. The summed E-state index contributed by atoms with van der Waals surface area (Å²) in [5.41, 5.74) is 0.503. The minimum absolute atomic E-state index is 0.0552. The molecule has 0 radical (unpaired) electrons. The van der Waals surface area contributed by atoms with Crippen molar-refractivity contribution in [1.82, 2.24) is 4.90 Å². The van der Waals surface area contributed by atoms with E-state index in [1.807, 2.05) is 0 Å². The van der Waals surface area contributed by atoms with Crippen molar-refractivity contribution < 1.29 is 13.6 Å². The Morgan fingerprint density at radius 3 is 2.40 bits per heavy atom. The van der Waals surface area contributed by atoms with Gasteiger partial charge >= 0.3 is 0 Å². The summed E-state index contributed by atoms with van der Waals surface area (Å²) in [7, 11) is 0. The van der Waals surface area contributed by atoms with Gasteiger partial charge in [-0.05, 0) is 24.1 Å². The third kappa shape index (κ3) is 2.32. The second kappa shape index (κ2) is 3.96. The van der Waals surface area contributed by atoms with Crippen LogP contribution in [0.1, 0.15) is 18.4 Å². The monoisotopic (exact) mass is 211 g/mol. The van der Waals surface area contributed by atoms with E-state index in [9.17, 15) is 13.6 Å². The first-order chi connectivity index (χ1) is 7.15. The van der Waals surface area contributed by atoms with E-state index in [2.05, 4.69) is 0 Å². The first kappa shape index (κ1) is 10.1. The van der Waals surface area contributed by atoms with Crippen LogP contribution in [0.4, 0.5) is 8.78 Å². The Bertz CT molecular complexity index is 372. The molecule has 80 valence electrons. The molecule has 0 unspecified atom stereocenters. The zero-order chi connectivity index (χ0) is 10.8. The van der Waals surface area contributed by atoms with Crippen LogP contribution >= 0.6 is 0 Å². The summed E-state index contributed by atoms with van der Waals surface area (Å²) in [6.45, 7) is 0.977. The number of carbonyl (C=O) groups excluding carboxylic acids is 1. The van der Waals surface area contributed by atoms with Gasteiger partial charge in [0.1, 0.15) is 11.6 Å². The van der Waals surface area contributed by atoms with Crippen LogP contribution in [0, 0.1) is 11.6 Å². The Labute approximate surface area is 86.5 Å². The minimum Gasteiger partial charge on any atom is -0.338 e. The van der Waals surface area contributed by atoms with E-state index < -0.39 is 11.6 Å². The molecule has 0 aromatic heterocycles. The summed E-state index contributed by atoms with van der Waals surface area (Å²) in [5.74, 6) is -1.15. The largest absolute Gasteiger partial charge is 0.338 e. The van der Waals surface area contributed by atoms with Crippen LogP contribution in [-0.2, 0) is 11.3 Å². The number of rotatable bonds is 2. The van der Waals surface area contributed by atoms with Gasteiger partial charge in [-0.1, -0.05) is 0 Å². The van der Waals surface area contributed by atoms with Crippen LogP contribution in [0.5, 0.6) is 0 Å². The summed E-state index contributed by atoms with van der Waals surface area (Å²) in [6.07, 6.45) is 1.37. The molecule has 1 fully saturated rings. The zero-order valence-electron chi connectivity index (χ0n) is 8.17. The Morgan fingerprint density at radius 2 is 1.87 bits per heavy atom. The average Bonchev–Trinajstić information content (AvgIpc) is 2.50. The fourth-order valence-electron chi connectivity index (χ4n) is 1.79. The van der Waals surface area contributed by atoms with Crippen LogP contribution in [0.3, 0.4) is 0 Å². The fourth-order valence-corrected chi connectivity index (χ4v) is 1.79. The van der Waals surface area contributed by atoms with Crippen molar-refractivity contribution in [3.8, 4) is 0 Å². The normalized spacial score (nSPS) is 16.1. The number of halogens is 2. The molecule has 2 rings (SSSR count). The lowest BCUT2D eigenvalue weighted by Crippen LogP contribution is -2.23. The summed E-state index contributed by atoms with van der Waals surface area (Å²) >= 11 is 0. The second-order valence-corrected chi connectivity index (χ2v) is 3.70. The molecule has 4 heteroatoms. The highest BCUT2D eigenvalue weighted by atomic mass is 19.1. The summed E-state index contributed by atoms with van der Waals surface area (Å²) in [5, 5.41) is 0. The Kier molecular flexibility index (Phi) is 2.66. The maximum Gasteiger partial charge on any atom is 0.222 e. The maximum atomic E-state index is 12.9. The van der Waals surface area contributed by atoms with E-state index >= 15 is 0 Å². The lowest BCUT2D eigenvalue weighted by molar-refractivity contribution is -0.128. The molecule has 1 aromatic rings. The van der Waals surface area contributed by atoms with Crippen molar-refractivity contribution in [2.75, 3.05) is 6.54 Å². The van der Waals surface area contributed by atoms with Gasteiger partial charge in [-0.2, -0.15) is 0 Å². The molecule has 1 aliphatic heterocycles. The Hall–Kier alpha value is -1.45. The van der Waals surface area contributed by atoms with E-state index in [0.29, 0.717) is 25.1 Å². The highest BCUT2D eigenvalue weighted by Crippen LogP contribution is 2.15. The quantitative estimate of drug-likeness (QED) is 0.733. The van der Waals surface area contributed by atoms with Crippen molar-refractivity contribution in [3.05, 3.63) is 35.4 Å². The van der Waals surface area contributed by atoms with Gasteiger partial charge in [-0.3, -0.25) is 4.79 Å². The van der Waals surface area contributed by atoms with Gasteiger partial charge in [0.25, 0.3) is 0 Å². The van der Waals surface area contributed by atoms with Gasteiger partial charge in [0, 0.05) is 25.6 Å². The Balaban J connectivity index is 2.13. The molecule has 0 N–H and O–H groups in total. The van der Waals surface area contributed by atoms with Gasteiger partial charge in [0.15, 0.2) is 0 Å². The molecule has 0 bridgehead atoms. The molecule has 1 aromatic carbocycles. The van der Waals surface area contributed by atoms with Crippen molar-refractivity contribution in [2.24, 2.45) is 0 Å². The zero-order valence-corrected chi connectivity index (χ0v) is 8.17.